The molecule has 0 aromatic heterocycles. The van der Waals surface area contributed by atoms with Gasteiger partial charge in [-0.05, 0) is 30.2 Å². The zero-order chi connectivity index (χ0) is 32.9. The van der Waals surface area contributed by atoms with E-state index in [1.165, 1.54) is 12.1 Å². The van der Waals surface area contributed by atoms with Crippen LogP contribution >= 0.6 is 0 Å². The Morgan fingerprint density at radius 1 is 0.800 bits per heavy atom. The molecule has 3 aromatic rings. The summed E-state index contributed by atoms with van der Waals surface area (Å²) in [5.74, 6) is -10.6. The van der Waals surface area contributed by atoms with Crippen LogP contribution in [0.4, 0.5) is 43.9 Å². The van der Waals surface area contributed by atoms with Crippen molar-refractivity contribution in [1.82, 2.24) is 0 Å². The molecule has 0 unspecified atom stereocenters. The second-order valence-electron chi connectivity index (χ2n) is 10.2. The van der Waals surface area contributed by atoms with Gasteiger partial charge in [0.25, 0.3) is 0 Å². The molecule has 45 heavy (non-hydrogen) atoms. The molecule has 1 saturated heterocycles. The third-order valence-electron chi connectivity index (χ3n) is 6.75. The van der Waals surface area contributed by atoms with Crippen LogP contribution < -0.4 is 9.47 Å². The summed E-state index contributed by atoms with van der Waals surface area (Å²) in [7, 11) is 0. The van der Waals surface area contributed by atoms with Crippen molar-refractivity contribution < 1.29 is 62.9 Å². The number of alkyl halides is 5. The monoisotopic (exact) mass is 652 g/mol. The van der Waals surface area contributed by atoms with E-state index in [9.17, 15) is 39.5 Å². The molecular formula is C31H26F10O4. The first-order chi connectivity index (χ1) is 21.2. The van der Waals surface area contributed by atoms with E-state index in [4.69, 9.17) is 9.47 Å². The van der Waals surface area contributed by atoms with Crippen LogP contribution in [0.2, 0.25) is 0 Å². The van der Waals surface area contributed by atoms with Gasteiger partial charge in [-0.25, -0.2) is 22.0 Å². The summed E-state index contributed by atoms with van der Waals surface area (Å²) in [6.45, 7) is 2.90. The van der Waals surface area contributed by atoms with Gasteiger partial charge in [-0.1, -0.05) is 38.3 Å². The van der Waals surface area contributed by atoms with Crippen molar-refractivity contribution in [3.05, 3.63) is 95.0 Å². The van der Waals surface area contributed by atoms with Crippen molar-refractivity contribution in [2.24, 2.45) is 5.92 Å². The minimum absolute atomic E-state index is 0.0820. The van der Waals surface area contributed by atoms with E-state index in [0.717, 1.165) is 31.7 Å². The zero-order valence-electron chi connectivity index (χ0n) is 23.5. The second-order valence-corrected chi connectivity index (χ2v) is 10.2. The highest BCUT2D eigenvalue weighted by Crippen LogP contribution is 2.39. The van der Waals surface area contributed by atoms with Crippen LogP contribution in [0.5, 0.6) is 11.5 Å². The third-order valence-corrected chi connectivity index (χ3v) is 6.75. The van der Waals surface area contributed by atoms with Gasteiger partial charge in [0.2, 0.25) is 0 Å². The van der Waals surface area contributed by atoms with E-state index in [2.05, 4.69) is 16.4 Å². The average molecular weight is 653 g/mol. The standard InChI is InChI=1S/C31H26F10O4/c1-2-3-4-5-17-15-43-29(44-16-17)18-6-7-21(22(32)10-18)19-11-23(33)27(24(34)12-19)31(40,41)45-20-13-25(35)28(26(36)14-20)42-9-8-30(37,38)39/h6-14,17,29H,2-5,15-16H2,1H3/b9-8+. The maximum Gasteiger partial charge on any atom is 0.432 e. The fraction of sp³-hybridized carbons (Fsp3) is 0.355. The maximum absolute atomic E-state index is 15.0. The molecule has 0 radical (unpaired) electrons. The first-order valence-electron chi connectivity index (χ1n) is 13.7. The van der Waals surface area contributed by atoms with Gasteiger partial charge in [-0.15, -0.1) is 0 Å². The Kier molecular flexibility index (Phi) is 10.7. The Hall–Kier alpha value is -3.78. The van der Waals surface area contributed by atoms with Crippen LogP contribution in [-0.2, 0) is 15.6 Å². The SMILES string of the molecule is CCCCCC1COC(c2ccc(-c3cc(F)c(C(F)(F)Oc4cc(F)c(O/C=C/C(F)(F)F)c(F)c4)c(F)c3)c(F)c2)OC1. The van der Waals surface area contributed by atoms with Gasteiger partial charge in [0.15, 0.2) is 23.7 Å². The fourth-order valence-corrected chi connectivity index (χ4v) is 4.59. The van der Waals surface area contributed by atoms with Crippen molar-refractivity contribution in [3.8, 4) is 22.6 Å². The predicted octanol–water partition coefficient (Wildman–Crippen LogP) is 9.87. The van der Waals surface area contributed by atoms with Gasteiger partial charge in [0, 0.05) is 29.2 Å². The van der Waals surface area contributed by atoms with Crippen molar-refractivity contribution in [1.29, 1.82) is 0 Å². The summed E-state index contributed by atoms with van der Waals surface area (Å²) in [6.07, 6.45) is -7.04. The molecule has 4 nitrogen and oxygen atoms in total. The molecule has 1 heterocycles. The average Bonchev–Trinajstić information content (AvgIpc) is 2.93. The first-order valence-corrected chi connectivity index (χ1v) is 13.7. The number of halogens is 10. The number of allylic oxidation sites excluding steroid dienone is 1. The summed E-state index contributed by atoms with van der Waals surface area (Å²) >= 11 is 0. The van der Waals surface area contributed by atoms with Crippen LogP contribution in [0, 0.1) is 35.0 Å². The highest BCUT2D eigenvalue weighted by molar-refractivity contribution is 5.65. The van der Waals surface area contributed by atoms with Crippen LogP contribution in [0.25, 0.3) is 11.1 Å². The lowest BCUT2D eigenvalue weighted by atomic mass is 9.99. The largest absolute Gasteiger partial charge is 0.459 e. The van der Waals surface area contributed by atoms with Crippen molar-refractivity contribution in [2.75, 3.05) is 13.2 Å². The first kappa shape index (κ1) is 34.1. The van der Waals surface area contributed by atoms with Crippen molar-refractivity contribution in [3.63, 3.8) is 0 Å². The fourth-order valence-electron chi connectivity index (χ4n) is 4.59. The number of hydrogen-bond acceptors (Lipinski definition) is 4. The molecule has 0 saturated carbocycles. The van der Waals surface area contributed by atoms with Gasteiger partial charge in [-0.2, -0.15) is 22.0 Å². The Bertz CT molecular complexity index is 1470. The van der Waals surface area contributed by atoms with Crippen LogP contribution in [-0.4, -0.2) is 19.4 Å². The van der Waals surface area contributed by atoms with Gasteiger partial charge < -0.3 is 18.9 Å². The van der Waals surface area contributed by atoms with Gasteiger partial charge in [-0.3, -0.25) is 0 Å². The van der Waals surface area contributed by atoms with Crippen molar-refractivity contribution >= 4 is 0 Å². The summed E-state index contributed by atoms with van der Waals surface area (Å²) < 4.78 is 159. The smallest absolute Gasteiger partial charge is 0.432 e. The quantitative estimate of drug-likeness (QED) is 0.117. The molecule has 3 aromatic carbocycles. The molecule has 0 spiro atoms. The molecular weight excluding hydrogens is 626 g/mol. The van der Waals surface area contributed by atoms with Crippen LogP contribution in [0.1, 0.15) is 50.0 Å². The molecule has 1 aliphatic rings. The molecule has 4 rings (SSSR count). The summed E-state index contributed by atoms with van der Waals surface area (Å²) in [5, 5.41) is 0. The minimum Gasteiger partial charge on any atom is -0.459 e. The van der Waals surface area contributed by atoms with Crippen molar-refractivity contribution in [2.45, 2.75) is 51.2 Å². The third kappa shape index (κ3) is 8.69. The van der Waals surface area contributed by atoms with Gasteiger partial charge in [0.05, 0.1) is 25.6 Å². The second kappa shape index (κ2) is 14.1. The lowest BCUT2D eigenvalue weighted by Gasteiger charge is -2.29. The lowest BCUT2D eigenvalue weighted by Crippen LogP contribution is -2.27. The number of hydrogen-bond donors (Lipinski definition) is 0. The molecule has 244 valence electrons. The van der Waals surface area contributed by atoms with E-state index in [1.807, 2.05) is 0 Å². The number of ether oxygens (including phenoxy) is 4. The van der Waals surface area contributed by atoms with Gasteiger partial charge >= 0.3 is 12.3 Å². The summed E-state index contributed by atoms with van der Waals surface area (Å²) in [6, 6.07) is 4.68. The number of unbranched alkanes of at least 4 members (excludes halogenated alkanes) is 2. The van der Waals surface area contributed by atoms with E-state index in [0.29, 0.717) is 30.9 Å². The molecule has 14 heteroatoms. The normalized spacial score (nSPS) is 17.6. The van der Waals surface area contributed by atoms with Gasteiger partial charge in [0.1, 0.15) is 28.8 Å². The molecule has 0 bridgehead atoms. The Labute approximate surface area is 251 Å². The summed E-state index contributed by atoms with van der Waals surface area (Å²) in [4.78, 5) is 0. The van der Waals surface area contributed by atoms with E-state index in [-0.39, 0.29) is 29.9 Å². The molecule has 1 aliphatic heterocycles. The Morgan fingerprint density at radius 2 is 1.42 bits per heavy atom. The topological polar surface area (TPSA) is 36.9 Å². The summed E-state index contributed by atoms with van der Waals surface area (Å²) in [5.41, 5.74) is -2.43. The molecule has 0 amide bonds. The van der Waals surface area contributed by atoms with Crippen LogP contribution in [0.3, 0.4) is 0 Å². The Balaban J connectivity index is 1.49. The predicted molar refractivity (Wildman–Crippen MR) is 141 cm³/mol. The molecule has 0 N–H and O–H groups in total. The van der Waals surface area contributed by atoms with E-state index >= 15 is 4.39 Å². The molecule has 0 aliphatic carbocycles. The Morgan fingerprint density at radius 3 is 1.98 bits per heavy atom. The highest BCUT2D eigenvalue weighted by atomic mass is 19.4. The number of rotatable bonds is 11. The maximum atomic E-state index is 15.0. The highest BCUT2D eigenvalue weighted by Gasteiger charge is 2.42. The molecule has 0 atom stereocenters. The number of benzene rings is 3. The van der Waals surface area contributed by atoms with E-state index < -0.39 is 76.4 Å². The molecule has 1 fully saturated rings. The lowest BCUT2D eigenvalue weighted by molar-refractivity contribution is -0.206. The minimum atomic E-state index is -4.87. The zero-order valence-corrected chi connectivity index (χ0v) is 23.5. The van der Waals surface area contributed by atoms with E-state index in [1.54, 1.807) is 0 Å². The van der Waals surface area contributed by atoms with Crippen LogP contribution in [0.15, 0.2) is 54.8 Å².